The first-order valence-corrected chi connectivity index (χ1v) is 3.47. The maximum absolute atomic E-state index is 5.03. The Balaban J connectivity index is 0.000000236. The highest BCUT2D eigenvalue weighted by Crippen LogP contribution is 2.20. The van der Waals surface area contributed by atoms with E-state index in [0.717, 1.165) is 6.61 Å². The Morgan fingerprint density at radius 2 is 2.10 bits per heavy atom. The molecule has 0 saturated carbocycles. The molecule has 2 nitrogen and oxygen atoms in total. The van der Waals surface area contributed by atoms with Crippen LogP contribution in [0.25, 0.3) is 0 Å². The first kappa shape index (κ1) is 9.66. The van der Waals surface area contributed by atoms with Crippen LogP contribution in [0.3, 0.4) is 0 Å². The number of methoxy groups -OCH3 is 1. The highest BCUT2D eigenvalue weighted by molar-refractivity contribution is 4.79. The van der Waals surface area contributed by atoms with Gasteiger partial charge >= 0.3 is 0 Å². The molecule has 0 radical (unpaired) electrons. The molecule has 1 aliphatic heterocycles. The predicted octanol–water partition coefficient (Wildman–Crippen LogP) is 1.61. The van der Waals surface area contributed by atoms with Crippen molar-refractivity contribution in [1.29, 1.82) is 0 Å². The molecule has 2 unspecified atom stereocenters. The summed E-state index contributed by atoms with van der Waals surface area (Å²) in [7, 11) is 1.69. The zero-order valence-corrected chi connectivity index (χ0v) is 6.96. The van der Waals surface area contributed by atoms with Crippen molar-refractivity contribution < 1.29 is 9.47 Å². The lowest BCUT2D eigenvalue weighted by Crippen LogP contribution is -1.98. The molecule has 1 heterocycles. The van der Waals surface area contributed by atoms with Gasteiger partial charge in [0.1, 0.15) is 6.10 Å². The van der Waals surface area contributed by atoms with Crippen LogP contribution >= 0.6 is 0 Å². The van der Waals surface area contributed by atoms with Gasteiger partial charge in [-0.15, -0.1) is 6.58 Å². The molecule has 0 bridgehead atoms. The number of hydrogen-bond donors (Lipinski definition) is 0. The van der Waals surface area contributed by atoms with E-state index in [9.17, 15) is 0 Å². The molecule has 1 aliphatic rings. The fourth-order valence-electron chi connectivity index (χ4n) is 0.569. The lowest BCUT2D eigenvalue weighted by Gasteiger charge is -1.86. The van der Waals surface area contributed by atoms with Crippen molar-refractivity contribution in [1.82, 2.24) is 0 Å². The molecule has 0 amide bonds. The second kappa shape index (κ2) is 5.45. The van der Waals surface area contributed by atoms with Gasteiger partial charge in [0, 0.05) is 7.11 Å². The average molecular weight is 144 g/mol. The van der Waals surface area contributed by atoms with Crippen LogP contribution in [0.15, 0.2) is 12.7 Å². The van der Waals surface area contributed by atoms with E-state index in [0.29, 0.717) is 12.2 Å². The molecular formula is C8H16O2. The van der Waals surface area contributed by atoms with Crippen LogP contribution in [0, 0.1) is 0 Å². The first-order chi connectivity index (χ1) is 4.76. The fraction of sp³-hybridized carbons (Fsp3) is 0.750. The third-order valence-electron chi connectivity index (χ3n) is 1.17. The minimum absolute atomic E-state index is 0.394. The average Bonchev–Trinajstić information content (AvgIpc) is 2.50. The smallest absolute Gasteiger partial charge is 0.107 e. The van der Waals surface area contributed by atoms with Crippen molar-refractivity contribution in [2.24, 2.45) is 0 Å². The van der Waals surface area contributed by atoms with Crippen molar-refractivity contribution in [3.05, 3.63) is 12.7 Å². The molecule has 0 aromatic rings. The number of hydrogen-bond acceptors (Lipinski definition) is 2. The van der Waals surface area contributed by atoms with Crippen LogP contribution in [-0.4, -0.2) is 25.9 Å². The van der Waals surface area contributed by atoms with Crippen molar-refractivity contribution in [2.75, 3.05) is 13.7 Å². The van der Waals surface area contributed by atoms with Gasteiger partial charge in [0.25, 0.3) is 0 Å². The molecule has 1 rings (SSSR count). The minimum Gasteiger partial charge on any atom is -0.382 e. The second-order valence-electron chi connectivity index (χ2n) is 2.24. The van der Waals surface area contributed by atoms with Crippen LogP contribution in [0.1, 0.15) is 13.8 Å². The molecule has 60 valence electrons. The van der Waals surface area contributed by atoms with Gasteiger partial charge < -0.3 is 9.47 Å². The fourth-order valence-corrected chi connectivity index (χ4v) is 0.569. The molecule has 10 heavy (non-hydrogen) atoms. The highest BCUT2D eigenvalue weighted by Gasteiger charge is 2.33. The Labute approximate surface area is 62.8 Å². The van der Waals surface area contributed by atoms with Crippen molar-refractivity contribution in [3.63, 3.8) is 0 Å². The van der Waals surface area contributed by atoms with Gasteiger partial charge in [0.05, 0.1) is 12.7 Å². The quantitative estimate of drug-likeness (QED) is 0.434. The summed E-state index contributed by atoms with van der Waals surface area (Å²) in [5.41, 5.74) is 0. The zero-order chi connectivity index (χ0) is 7.98. The van der Waals surface area contributed by atoms with Crippen LogP contribution < -0.4 is 0 Å². The maximum Gasteiger partial charge on any atom is 0.107 e. The van der Waals surface area contributed by atoms with E-state index in [-0.39, 0.29) is 0 Å². The van der Waals surface area contributed by atoms with E-state index >= 15 is 0 Å². The Hall–Kier alpha value is -0.340. The molecular weight excluding hydrogens is 128 g/mol. The molecule has 2 heteroatoms. The third-order valence-corrected chi connectivity index (χ3v) is 1.17. The van der Waals surface area contributed by atoms with Gasteiger partial charge in [-0.25, -0.2) is 0 Å². The van der Waals surface area contributed by atoms with E-state index in [2.05, 4.69) is 6.58 Å². The van der Waals surface area contributed by atoms with Crippen molar-refractivity contribution >= 4 is 0 Å². The highest BCUT2D eigenvalue weighted by atomic mass is 16.6. The van der Waals surface area contributed by atoms with Crippen LogP contribution in [0.5, 0.6) is 0 Å². The number of allylic oxidation sites excluding steroid dienone is 1. The van der Waals surface area contributed by atoms with E-state index in [1.54, 1.807) is 13.2 Å². The van der Waals surface area contributed by atoms with Crippen LogP contribution in [-0.2, 0) is 9.47 Å². The van der Waals surface area contributed by atoms with Crippen molar-refractivity contribution in [3.8, 4) is 0 Å². The molecule has 0 aromatic heterocycles. The monoisotopic (exact) mass is 144 g/mol. The topological polar surface area (TPSA) is 21.8 Å². The van der Waals surface area contributed by atoms with E-state index in [4.69, 9.17) is 9.47 Å². The summed E-state index contributed by atoms with van der Waals surface area (Å²) in [6.45, 7) is 8.05. The van der Waals surface area contributed by atoms with Gasteiger partial charge in [-0.2, -0.15) is 0 Å². The normalized spacial score (nSPS) is 28.3. The molecule has 1 saturated heterocycles. The lowest BCUT2D eigenvalue weighted by atomic mass is 10.4. The van der Waals surface area contributed by atoms with Crippen LogP contribution in [0.4, 0.5) is 0 Å². The number of ether oxygens (including phenoxy) is 2. The predicted molar refractivity (Wildman–Crippen MR) is 42.1 cm³/mol. The van der Waals surface area contributed by atoms with E-state index < -0.39 is 0 Å². The second-order valence-corrected chi connectivity index (χ2v) is 2.24. The summed E-state index contributed by atoms with van der Waals surface area (Å²) in [5.74, 6) is 0. The Morgan fingerprint density at radius 3 is 2.20 bits per heavy atom. The molecule has 0 aromatic carbocycles. The van der Waals surface area contributed by atoms with Gasteiger partial charge in [-0.1, -0.05) is 6.08 Å². The molecule has 0 N–H and O–H groups in total. The van der Waals surface area contributed by atoms with Gasteiger partial charge in [-0.05, 0) is 13.8 Å². The number of rotatable bonds is 2. The molecule has 1 fully saturated rings. The van der Waals surface area contributed by atoms with Gasteiger partial charge in [-0.3, -0.25) is 0 Å². The molecule has 0 aliphatic carbocycles. The summed E-state index contributed by atoms with van der Waals surface area (Å²) in [5, 5.41) is 0. The van der Waals surface area contributed by atoms with Gasteiger partial charge in [0.2, 0.25) is 0 Å². The molecule has 0 spiro atoms. The first-order valence-electron chi connectivity index (χ1n) is 3.47. The SMILES string of the molecule is C=CC.COCC1OC1C. The lowest BCUT2D eigenvalue weighted by molar-refractivity contribution is 0.171. The summed E-state index contributed by atoms with van der Waals surface area (Å²) >= 11 is 0. The molecule has 2 atom stereocenters. The minimum atomic E-state index is 0.394. The summed E-state index contributed by atoms with van der Waals surface area (Å²) in [4.78, 5) is 0. The summed E-state index contributed by atoms with van der Waals surface area (Å²) in [6, 6.07) is 0. The summed E-state index contributed by atoms with van der Waals surface area (Å²) in [6.07, 6.45) is 2.59. The van der Waals surface area contributed by atoms with E-state index in [1.165, 1.54) is 0 Å². The largest absolute Gasteiger partial charge is 0.382 e. The van der Waals surface area contributed by atoms with Crippen LogP contribution in [0.2, 0.25) is 0 Å². The summed E-state index contributed by atoms with van der Waals surface area (Å²) < 4.78 is 9.84. The Kier molecular flexibility index (Phi) is 5.26. The number of epoxide rings is 1. The zero-order valence-electron chi connectivity index (χ0n) is 6.96. The Bertz CT molecular complexity index is 91.3. The van der Waals surface area contributed by atoms with Gasteiger partial charge in [0.15, 0.2) is 0 Å². The standard InChI is InChI=1S/C5H10O2.C3H6/c1-4-5(7-4)3-6-2;1-3-2/h4-5H,3H2,1-2H3;3H,1H2,2H3. The maximum atomic E-state index is 5.03. The Morgan fingerprint density at radius 1 is 1.70 bits per heavy atom. The van der Waals surface area contributed by atoms with E-state index in [1.807, 2.05) is 13.8 Å². The van der Waals surface area contributed by atoms with Crippen molar-refractivity contribution in [2.45, 2.75) is 26.1 Å². The third kappa shape index (κ3) is 4.53.